The lowest BCUT2D eigenvalue weighted by molar-refractivity contribution is -0.339. The molecule has 29 heavy (non-hydrogen) atoms. The molecule has 0 amide bonds. The quantitative estimate of drug-likeness (QED) is 0.388. The summed E-state index contributed by atoms with van der Waals surface area (Å²) in [6.45, 7) is 11.8. The zero-order valence-corrected chi connectivity index (χ0v) is 18.9. The largest absolute Gasteiger partial charge is 0.251 e. The fourth-order valence-corrected chi connectivity index (χ4v) is 6.27. The van der Waals surface area contributed by atoms with E-state index < -0.39 is 5.60 Å². The van der Waals surface area contributed by atoms with Gasteiger partial charge >= 0.3 is 0 Å². The molecule has 0 saturated heterocycles. The van der Waals surface area contributed by atoms with Gasteiger partial charge in [0.15, 0.2) is 0 Å². The van der Waals surface area contributed by atoms with Gasteiger partial charge in [0.2, 0.25) is 0 Å². The van der Waals surface area contributed by atoms with Crippen LogP contribution in [0.25, 0.3) is 0 Å². The number of rotatable bonds is 7. The highest BCUT2D eigenvalue weighted by Crippen LogP contribution is 2.63. The topological polar surface area (TPSA) is 29.5 Å². The number of hydrogen-bond acceptors (Lipinski definition) is 2. The van der Waals surface area contributed by atoms with Gasteiger partial charge in [0.25, 0.3) is 0 Å². The molecule has 0 bridgehead atoms. The molecule has 1 N–H and O–H groups in total. The molecular weight excluding hydrogens is 356 g/mol. The molecule has 2 aromatic carbocycles. The summed E-state index contributed by atoms with van der Waals surface area (Å²) in [6, 6.07) is 21.9. The molecule has 158 valence electrons. The van der Waals surface area contributed by atoms with Gasteiger partial charge < -0.3 is 0 Å². The van der Waals surface area contributed by atoms with Gasteiger partial charge in [-0.25, -0.2) is 4.89 Å². The maximum atomic E-state index is 9.78. The predicted molar refractivity (Wildman–Crippen MR) is 121 cm³/mol. The molecule has 2 aromatic rings. The second kappa shape index (κ2) is 8.24. The highest BCUT2D eigenvalue weighted by atomic mass is 17.1. The number of benzene rings is 2. The molecule has 1 aliphatic rings. The second-order valence-corrected chi connectivity index (χ2v) is 10.1. The van der Waals surface area contributed by atoms with Gasteiger partial charge in [-0.15, -0.1) is 0 Å². The van der Waals surface area contributed by atoms with E-state index in [4.69, 9.17) is 4.89 Å². The third-order valence-corrected chi connectivity index (χ3v) is 8.30. The average Bonchev–Trinajstić information content (AvgIpc) is 2.75. The molecule has 1 fully saturated rings. The van der Waals surface area contributed by atoms with Crippen LogP contribution in [-0.2, 0) is 15.7 Å². The van der Waals surface area contributed by atoms with Crippen LogP contribution >= 0.6 is 0 Å². The summed E-state index contributed by atoms with van der Waals surface area (Å²) in [5.74, 6) is 0. The first-order valence-electron chi connectivity index (χ1n) is 11.2. The average molecular weight is 395 g/mol. The smallest absolute Gasteiger partial charge is 0.103 e. The van der Waals surface area contributed by atoms with E-state index in [0.717, 1.165) is 38.5 Å². The minimum absolute atomic E-state index is 0.0264. The molecule has 0 heterocycles. The maximum absolute atomic E-state index is 9.78. The van der Waals surface area contributed by atoms with Gasteiger partial charge in [0.1, 0.15) is 5.60 Å². The first-order chi connectivity index (χ1) is 13.7. The molecule has 2 heteroatoms. The van der Waals surface area contributed by atoms with E-state index in [1.165, 1.54) is 11.1 Å². The van der Waals surface area contributed by atoms with Gasteiger partial charge in [-0.05, 0) is 59.5 Å². The molecule has 0 spiro atoms. The zero-order valence-electron chi connectivity index (χ0n) is 18.9. The van der Waals surface area contributed by atoms with Crippen LogP contribution in [0, 0.1) is 5.41 Å². The van der Waals surface area contributed by atoms with Crippen molar-refractivity contribution >= 4 is 0 Å². The standard InChI is InChI=1S/C27H38O2/c1-6-17-26(29-28)18-20-27(21-19-26,24(2,3)22-13-9-7-10-14-22)25(4,5)23-15-11-8-12-16-23/h7-16,28H,6,17-21H2,1-5H3. The summed E-state index contributed by atoms with van der Waals surface area (Å²) in [6.07, 6.45) is 5.78. The molecule has 2 nitrogen and oxygen atoms in total. The van der Waals surface area contributed by atoms with E-state index in [1.54, 1.807) is 0 Å². The van der Waals surface area contributed by atoms with Crippen LogP contribution in [0.3, 0.4) is 0 Å². The van der Waals surface area contributed by atoms with Crippen LogP contribution < -0.4 is 0 Å². The summed E-state index contributed by atoms with van der Waals surface area (Å²) in [5.41, 5.74) is 2.37. The molecule has 0 unspecified atom stereocenters. The van der Waals surface area contributed by atoms with Crippen molar-refractivity contribution in [2.45, 2.75) is 89.6 Å². The lowest BCUT2D eigenvalue weighted by atomic mass is 9.44. The highest BCUT2D eigenvalue weighted by molar-refractivity contribution is 5.36. The molecule has 1 aliphatic carbocycles. The van der Waals surface area contributed by atoms with E-state index in [-0.39, 0.29) is 16.2 Å². The fourth-order valence-electron chi connectivity index (χ4n) is 6.27. The lowest BCUT2D eigenvalue weighted by Gasteiger charge is -2.61. The van der Waals surface area contributed by atoms with Crippen molar-refractivity contribution in [3.05, 3.63) is 71.8 Å². The van der Waals surface area contributed by atoms with Crippen molar-refractivity contribution < 1.29 is 10.1 Å². The molecule has 0 atom stereocenters. The van der Waals surface area contributed by atoms with Crippen LogP contribution in [0.15, 0.2) is 60.7 Å². The first-order valence-corrected chi connectivity index (χ1v) is 11.2. The molecule has 0 aromatic heterocycles. The Morgan fingerprint density at radius 2 is 1.17 bits per heavy atom. The van der Waals surface area contributed by atoms with Gasteiger partial charge in [0, 0.05) is 0 Å². The summed E-state index contributed by atoms with van der Waals surface area (Å²) < 4.78 is 0. The molecule has 1 saturated carbocycles. The Bertz CT molecular complexity index is 715. The Balaban J connectivity index is 2.11. The normalized spacial score (nSPS) is 19.1. The van der Waals surface area contributed by atoms with Gasteiger partial charge in [0.05, 0.1) is 0 Å². The van der Waals surface area contributed by atoms with Gasteiger partial charge in [-0.3, -0.25) is 5.26 Å². The van der Waals surface area contributed by atoms with Crippen molar-refractivity contribution in [2.75, 3.05) is 0 Å². The van der Waals surface area contributed by atoms with Crippen molar-refractivity contribution in [3.63, 3.8) is 0 Å². The first kappa shape index (κ1) is 22.1. The summed E-state index contributed by atoms with van der Waals surface area (Å²) in [7, 11) is 0. The van der Waals surface area contributed by atoms with Crippen LogP contribution in [0.5, 0.6) is 0 Å². The van der Waals surface area contributed by atoms with E-state index in [9.17, 15) is 5.26 Å². The summed E-state index contributed by atoms with van der Waals surface area (Å²) >= 11 is 0. The molecule has 0 radical (unpaired) electrons. The molecule has 0 aliphatic heterocycles. The highest BCUT2D eigenvalue weighted by Gasteiger charge is 2.58. The van der Waals surface area contributed by atoms with Crippen LogP contribution in [0.1, 0.15) is 84.3 Å². The third kappa shape index (κ3) is 3.66. The Hall–Kier alpha value is -1.64. The predicted octanol–water partition coefficient (Wildman–Crippen LogP) is 7.53. The lowest BCUT2D eigenvalue weighted by Crippen LogP contribution is -2.57. The second-order valence-electron chi connectivity index (χ2n) is 10.1. The van der Waals surface area contributed by atoms with Crippen molar-refractivity contribution in [2.24, 2.45) is 5.41 Å². The Kier molecular flexibility index (Phi) is 6.27. The Morgan fingerprint density at radius 3 is 1.52 bits per heavy atom. The summed E-state index contributed by atoms with van der Waals surface area (Å²) in [5, 5.41) is 9.78. The maximum Gasteiger partial charge on any atom is 0.103 e. The Morgan fingerprint density at radius 1 is 0.759 bits per heavy atom. The van der Waals surface area contributed by atoms with E-state index in [0.29, 0.717) is 0 Å². The third-order valence-electron chi connectivity index (χ3n) is 8.30. The summed E-state index contributed by atoms with van der Waals surface area (Å²) in [4.78, 5) is 5.15. The molecule has 3 rings (SSSR count). The van der Waals surface area contributed by atoms with E-state index >= 15 is 0 Å². The fraction of sp³-hybridized carbons (Fsp3) is 0.556. The number of hydrogen-bond donors (Lipinski definition) is 1. The van der Waals surface area contributed by atoms with Crippen molar-refractivity contribution in [3.8, 4) is 0 Å². The monoisotopic (exact) mass is 394 g/mol. The van der Waals surface area contributed by atoms with Crippen LogP contribution in [0.4, 0.5) is 0 Å². The molecular formula is C27H38O2. The van der Waals surface area contributed by atoms with E-state index in [1.807, 2.05) is 0 Å². The minimum atomic E-state index is -0.391. The van der Waals surface area contributed by atoms with Crippen LogP contribution in [0.2, 0.25) is 0 Å². The Labute approximate surface area is 177 Å². The zero-order chi connectivity index (χ0) is 21.2. The van der Waals surface area contributed by atoms with Crippen LogP contribution in [-0.4, -0.2) is 10.9 Å². The van der Waals surface area contributed by atoms with Crippen molar-refractivity contribution in [1.82, 2.24) is 0 Å². The van der Waals surface area contributed by atoms with Gasteiger partial charge in [-0.1, -0.05) is 102 Å². The van der Waals surface area contributed by atoms with E-state index in [2.05, 4.69) is 95.3 Å². The van der Waals surface area contributed by atoms with Crippen molar-refractivity contribution in [1.29, 1.82) is 0 Å². The SMILES string of the molecule is CCCC1(OO)CCC(C(C)(C)c2ccccc2)(C(C)(C)c2ccccc2)CC1. The van der Waals surface area contributed by atoms with Gasteiger partial charge in [-0.2, -0.15) is 0 Å². The minimum Gasteiger partial charge on any atom is -0.251 e.